The van der Waals surface area contributed by atoms with Gasteiger partial charge in [0.25, 0.3) is 0 Å². The minimum absolute atomic E-state index is 0.280. The van der Waals surface area contributed by atoms with Gasteiger partial charge in [0.05, 0.1) is 12.4 Å². The summed E-state index contributed by atoms with van der Waals surface area (Å²) in [7, 11) is -3.85. The Labute approximate surface area is 180 Å². The topological polar surface area (TPSA) is 63.4 Å². The second-order valence-electron chi connectivity index (χ2n) is 7.16. The zero-order valence-corrected chi connectivity index (χ0v) is 18.1. The number of hydrogen-bond donors (Lipinski definition) is 0. The predicted octanol–water partition coefficient (Wildman–Crippen LogP) is 2.81. The van der Waals surface area contributed by atoms with Crippen molar-refractivity contribution in [2.75, 3.05) is 26.2 Å². The molecule has 30 heavy (non-hydrogen) atoms. The van der Waals surface area contributed by atoms with Gasteiger partial charge >= 0.3 is 0 Å². The van der Waals surface area contributed by atoms with Crippen LogP contribution in [0, 0.1) is 17.5 Å². The average molecular weight is 448 g/mol. The van der Waals surface area contributed by atoms with Crippen molar-refractivity contribution in [3.8, 4) is 5.69 Å². The number of benzene rings is 2. The first-order chi connectivity index (χ1) is 14.4. The maximum atomic E-state index is 14.0. The van der Waals surface area contributed by atoms with Crippen LogP contribution in [0.4, 0.5) is 4.39 Å². The van der Waals surface area contributed by atoms with Gasteiger partial charge in [0, 0.05) is 26.2 Å². The Hall–Kier alpha value is -2.40. The smallest absolute Gasteiger partial charge is 0.246 e. The molecular weight excluding hydrogens is 425 g/mol. The lowest BCUT2D eigenvalue weighted by Gasteiger charge is -2.33. The summed E-state index contributed by atoms with van der Waals surface area (Å²) >= 11 is 5.58. The molecule has 1 aliphatic rings. The third-order valence-electron chi connectivity index (χ3n) is 5.23. The molecule has 7 nitrogen and oxygen atoms in total. The molecular formula is C20H22FN5O2S2. The van der Waals surface area contributed by atoms with E-state index in [4.69, 9.17) is 12.2 Å². The van der Waals surface area contributed by atoms with E-state index in [0.717, 1.165) is 17.3 Å². The molecule has 1 aromatic heterocycles. The monoisotopic (exact) mass is 447 g/mol. The molecule has 10 heteroatoms. The van der Waals surface area contributed by atoms with Gasteiger partial charge in [-0.2, -0.15) is 9.40 Å². The average Bonchev–Trinajstić information content (AvgIpc) is 3.09. The quantitative estimate of drug-likeness (QED) is 0.563. The summed E-state index contributed by atoms with van der Waals surface area (Å²) < 4.78 is 45.0. The highest BCUT2D eigenvalue weighted by atomic mass is 32.2. The normalized spacial score (nSPS) is 16.1. The number of sulfonamides is 1. The Bertz CT molecular complexity index is 1210. The Morgan fingerprint density at radius 3 is 2.40 bits per heavy atom. The fourth-order valence-electron chi connectivity index (χ4n) is 3.53. The first-order valence-corrected chi connectivity index (χ1v) is 11.4. The van der Waals surface area contributed by atoms with Gasteiger partial charge in [-0.15, -0.1) is 0 Å². The van der Waals surface area contributed by atoms with Gasteiger partial charge < -0.3 is 0 Å². The number of aromatic nitrogens is 3. The van der Waals surface area contributed by atoms with Crippen LogP contribution in [-0.2, 0) is 16.7 Å². The zero-order chi connectivity index (χ0) is 21.3. The molecule has 2 aromatic carbocycles. The van der Waals surface area contributed by atoms with Gasteiger partial charge in [-0.1, -0.05) is 30.3 Å². The van der Waals surface area contributed by atoms with Crippen molar-refractivity contribution in [2.45, 2.75) is 18.5 Å². The van der Waals surface area contributed by atoms with E-state index >= 15 is 0 Å². The molecule has 1 fully saturated rings. The van der Waals surface area contributed by atoms with Gasteiger partial charge in [0.1, 0.15) is 17.0 Å². The zero-order valence-electron chi connectivity index (χ0n) is 16.5. The Morgan fingerprint density at radius 1 is 1.03 bits per heavy atom. The summed E-state index contributed by atoms with van der Waals surface area (Å²) in [4.78, 5) is 1.80. The van der Waals surface area contributed by atoms with E-state index in [9.17, 15) is 12.8 Å². The molecule has 3 aromatic rings. The SMILES string of the molecule is Cc1ccccc1-n1cnn(CN2CCN(S(=O)(=O)c3ccccc3F)CC2)c1=S. The van der Waals surface area contributed by atoms with Crippen molar-refractivity contribution >= 4 is 22.2 Å². The lowest BCUT2D eigenvalue weighted by Crippen LogP contribution is -2.49. The summed E-state index contributed by atoms with van der Waals surface area (Å²) in [6.07, 6.45) is 1.70. The van der Waals surface area contributed by atoms with Crippen LogP contribution >= 0.6 is 12.2 Å². The number of hydrogen-bond acceptors (Lipinski definition) is 5. The third-order valence-corrected chi connectivity index (χ3v) is 7.57. The van der Waals surface area contributed by atoms with E-state index in [1.807, 2.05) is 35.8 Å². The minimum atomic E-state index is -3.85. The molecule has 0 radical (unpaired) electrons. The molecule has 2 heterocycles. The third kappa shape index (κ3) is 3.95. The van der Waals surface area contributed by atoms with Crippen molar-refractivity contribution in [3.05, 3.63) is 71.0 Å². The molecule has 158 valence electrons. The van der Waals surface area contributed by atoms with Gasteiger partial charge in [0.2, 0.25) is 14.8 Å². The van der Waals surface area contributed by atoms with E-state index in [1.54, 1.807) is 11.0 Å². The van der Waals surface area contributed by atoms with E-state index in [0.29, 0.717) is 24.5 Å². The molecule has 1 aliphatic heterocycles. The molecule has 0 atom stereocenters. The molecule has 1 saturated heterocycles. The van der Waals surface area contributed by atoms with Crippen LogP contribution in [-0.4, -0.2) is 58.1 Å². The molecule has 0 spiro atoms. The number of para-hydroxylation sites is 1. The fourth-order valence-corrected chi connectivity index (χ4v) is 5.26. The molecule has 4 rings (SSSR count). The molecule has 0 amide bonds. The Balaban J connectivity index is 1.44. The van der Waals surface area contributed by atoms with Crippen LogP contribution in [0.2, 0.25) is 0 Å². The summed E-state index contributed by atoms with van der Waals surface area (Å²) in [6, 6.07) is 13.4. The second kappa shape index (κ2) is 8.38. The van der Waals surface area contributed by atoms with Crippen LogP contribution in [0.3, 0.4) is 0 Å². The summed E-state index contributed by atoms with van der Waals surface area (Å²) in [6.45, 7) is 4.05. The van der Waals surface area contributed by atoms with Crippen LogP contribution in [0.25, 0.3) is 5.69 Å². The number of halogens is 1. The number of rotatable bonds is 5. The van der Waals surface area contributed by atoms with E-state index in [1.165, 1.54) is 22.5 Å². The largest absolute Gasteiger partial charge is 0.282 e. The first-order valence-electron chi connectivity index (χ1n) is 9.55. The van der Waals surface area contributed by atoms with Crippen LogP contribution in [0.15, 0.2) is 59.8 Å². The van der Waals surface area contributed by atoms with Crippen molar-refractivity contribution in [1.29, 1.82) is 0 Å². The van der Waals surface area contributed by atoms with E-state index < -0.39 is 15.8 Å². The Kier molecular flexibility index (Phi) is 5.83. The summed E-state index contributed by atoms with van der Waals surface area (Å²) in [5.41, 5.74) is 2.08. The van der Waals surface area contributed by atoms with Crippen LogP contribution in [0.5, 0.6) is 0 Å². The van der Waals surface area contributed by atoms with Gasteiger partial charge in [-0.3, -0.25) is 9.47 Å². The second-order valence-corrected chi connectivity index (χ2v) is 9.44. The van der Waals surface area contributed by atoms with Crippen molar-refractivity contribution in [3.63, 3.8) is 0 Å². The number of piperazine rings is 1. The van der Waals surface area contributed by atoms with Crippen molar-refractivity contribution in [1.82, 2.24) is 23.6 Å². The highest BCUT2D eigenvalue weighted by molar-refractivity contribution is 7.89. The molecule has 0 unspecified atom stereocenters. The van der Waals surface area contributed by atoms with Crippen LogP contribution in [0.1, 0.15) is 5.56 Å². The number of nitrogens with zero attached hydrogens (tertiary/aromatic N) is 5. The van der Waals surface area contributed by atoms with Gasteiger partial charge in [-0.25, -0.2) is 17.5 Å². The molecule has 0 bridgehead atoms. The lowest BCUT2D eigenvalue weighted by molar-refractivity contribution is 0.144. The number of aryl methyl sites for hydroxylation is 1. The molecule has 0 N–H and O–H groups in total. The highest BCUT2D eigenvalue weighted by Gasteiger charge is 2.30. The van der Waals surface area contributed by atoms with Crippen molar-refractivity contribution in [2.24, 2.45) is 0 Å². The standard InChI is InChI=1S/C20H22FN5O2S2/c1-16-6-2-4-8-18(16)25-14-22-26(20(25)29)15-23-10-12-24(13-11-23)30(27,28)19-9-5-3-7-17(19)21/h2-9,14H,10-13,15H2,1H3. The molecule has 0 saturated carbocycles. The van der Waals surface area contributed by atoms with Crippen LogP contribution < -0.4 is 0 Å². The lowest BCUT2D eigenvalue weighted by atomic mass is 10.2. The highest BCUT2D eigenvalue weighted by Crippen LogP contribution is 2.21. The summed E-state index contributed by atoms with van der Waals surface area (Å²) in [5.74, 6) is -0.729. The maximum Gasteiger partial charge on any atom is 0.246 e. The van der Waals surface area contributed by atoms with Gasteiger partial charge in [0.15, 0.2) is 0 Å². The predicted molar refractivity (Wildman–Crippen MR) is 114 cm³/mol. The molecule has 0 aliphatic carbocycles. The van der Waals surface area contributed by atoms with E-state index in [-0.39, 0.29) is 18.0 Å². The Morgan fingerprint density at radius 2 is 1.70 bits per heavy atom. The van der Waals surface area contributed by atoms with E-state index in [2.05, 4.69) is 10.00 Å². The van der Waals surface area contributed by atoms with Gasteiger partial charge in [-0.05, 0) is 42.9 Å². The summed E-state index contributed by atoms with van der Waals surface area (Å²) in [5, 5.41) is 4.41. The maximum absolute atomic E-state index is 14.0. The van der Waals surface area contributed by atoms with Crippen molar-refractivity contribution < 1.29 is 12.8 Å². The fraction of sp³-hybridized carbons (Fsp3) is 0.300. The first kappa shape index (κ1) is 20.9. The minimum Gasteiger partial charge on any atom is -0.282 e.